The molecule has 1 fully saturated rings. The van der Waals surface area contributed by atoms with Crippen LogP contribution in [0.1, 0.15) is 18.4 Å². The Morgan fingerprint density at radius 1 is 1.23 bits per heavy atom. The molecule has 10 heteroatoms. The lowest BCUT2D eigenvalue weighted by molar-refractivity contribution is 0.310. The van der Waals surface area contributed by atoms with E-state index >= 15 is 0 Å². The lowest BCUT2D eigenvalue weighted by atomic mass is 9.81. The van der Waals surface area contributed by atoms with E-state index in [4.69, 9.17) is 9.68 Å². The summed E-state index contributed by atoms with van der Waals surface area (Å²) in [6, 6.07) is 6.82. The first-order valence-corrected chi connectivity index (χ1v) is 11.4. The van der Waals surface area contributed by atoms with Crippen LogP contribution in [0.2, 0.25) is 0 Å². The Hall–Kier alpha value is -3.71. The Bertz CT molecular complexity index is 1380. The number of anilines is 1. The van der Waals surface area contributed by atoms with Crippen molar-refractivity contribution in [3.8, 4) is 17.5 Å². The van der Waals surface area contributed by atoms with Gasteiger partial charge >= 0.3 is 0 Å². The molecule has 9 nitrogen and oxygen atoms in total. The Labute approximate surface area is 178 Å². The van der Waals surface area contributed by atoms with E-state index in [1.807, 2.05) is 18.3 Å². The maximum atomic E-state index is 12.7. The molecule has 1 aliphatic carbocycles. The number of oxazole rings is 1. The molecular weight excluding hydrogens is 416 g/mol. The Morgan fingerprint density at radius 2 is 2.10 bits per heavy atom. The standard InChI is InChI=1S/C21H18N6O3S/c22-10-13-1-3-23-18(9-13)31(28,29)12-14-7-15(8-14)27-19-16-2-4-24-20(16)26-11-17(19)21-25-5-6-30-21/h1-6,9,11,14-15H,7-8,12H2,(H2,24,26,27). The van der Waals surface area contributed by atoms with Crippen LogP contribution in [0.3, 0.4) is 0 Å². The number of pyridine rings is 2. The number of nitrogens with zero attached hydrogens (tertiary/aromatic N) is 4. The monoisotopic (exact) mass is 434 g/mol. The lowest BCUT2D eigenvalue weighted by Gasteiger charge is -2.36. The minimum absolute atomic E-state index is 0.00949. The number of hydrogen-bond donors (Lipinski definition) is 2. The highest BCUT2D eigenvalue weighted by atomic mass is 32.2. The fourth-order valence-corrected chi connectivity index (χ4v) is 5.51. The molecule has 0 unspecified atom stereocenters. The van der Waals surface area contributed by atoms with Crippen molar-refractivity contribution in [2.75, 3.05) is 11.1 Å². The molecule has 0 saturated heterocycles. The van der Waals surface area contributed by atoms with E-state index in [0.717, 1.165) is 22.3 Å². The summed E-state index contributed by atoms with van der Waals surface area (Å²) in [6.45, 7) is 0. The molecule has 4 aromatic rings. The number of hydrogen-bond acceptors (Lipinski definition) is 8. The molecule has 2 N–H and O–H groups in total. The molecule has 1 saturated carbocycles. The predicted octanol–water partition coefficient (Wildman–Crippen LogP) is 3.15. The number of fused-ring (bicyclic) bond motifs is 1. The van der Waals surface area contributed by atoms with Crippen LogP contribution in [-0.4, -0.2) is 40.1 Å². The number of H-pyrrole nitrogens is 1. The van der Waals surface area contributed by atoms with Gasteiger partial charge in [0.15, 0.2) is 14.9 Å². The molecule has 4 heterocycles. The van der Waals surface area contributed by atoms with Gasteiger partial charge in [0.25, 0.3) is 0 Å². The Morgan fingerprint density at radius 3 is 2.87 bits per heavy atom. The van der Waals surface area contributed by atoms with Gasteiger partial charge in [-0.25, -0.2) is 23.4 Å². The quantitative estimate of drug-likeness (QED) is 0.472. The SMILES string of the molecule is N#Cc1ccnc(S(=O)(=O)CC2CC(Nc3c(-c4ncco4)cnc4[nH]ccc34)C2)c1. The number of aromatic nitrogens is 4. The van der Waals surface area contributed by atoms with Gasteiger partial charge in [0, 0.05) is 30.0 Å². The number of nitrogens with one attached hydrogen (secondary N) is 2. The minimum Gasteiger partial charge on any atom is -0.444 e. The maximum Gasteiger partial charge on any atom is 0.229 e. The molecule has 0 radical (unpaired) electrons. The highest BCUT2D eigenvalue weighted by Crippen LogP contribution is 2.38. The van der Waals surface area contributed by atoms with E-state index in [1.54, 1.807) is 12.4 Å². The highest BCUT2D eigenvalue weighted by Gasteiger charge is 2.34. The van der Waals surface area contributed by atoms with Crippen molar-refractivity contribution in [2.45, 2.75) is 23.9 Å². The average molecular weight is 434 g/mol. The lowest BCUT2D eigenvalue weighted by Crippen LogP contribution is -2.39. The smallest absolute Gasteiger partial charge is 0.229 e. The van der Waals surface area contributed by atoms with Gasteiger partial charge in [-0.2, -0.15) is 5.26 Å². The molecule has 0 amide bonds. The first-order chi connectivity index (χ1) is 15.0. The molecule has 4 aromatic heterocycles. The van der Waals surface area contributed by atoms with Crippen LogP contribution in [-0.2, 0) is 9.84 Å². The van der Waals surface area contributed by atoms with Crippen LogP contribution >= 0.6 is 0 Å². The van der Waals surface area contributed by atoms with Crippen molar-refractivity contribution >= 4 is 26.6 Å². The van der Waals surface area contributed by atoms with Gasteiger partial charge in [0.05, 0.1) is 34.8 Å². The zero-order chi connectivity index (χ0) is 21.4. The molecule has 0 bridgehead atoms. The summed E-state index contributed by atoms with van der Waals surface area (Å²) in [4.78, 5) is 15.7. The van der Waals surface area contributed by atoms with Crippen LogP contribution < -0.4 is 5.32 Å². The van der Waals surface area contributed by atoms with E-state index in [9.17, 15) is 8.42 Å². The van der Waals surface area contributed by atoms with E-state index in [-0.39, 0.29) is 28.3 Å². The molecule has 31 heavy (non-hydrogen) atoms. The van der Waals surface area contributed by atoms with Crippen molar-refractivity contribution in [2.24, 2.45) is 5.92 Å². The van der Waals surface area contributed by atoms with Crippen LogP contribution in [0.15, 0.2) is 58.7 Å². The van der Waals surface area contributed by atoms with Crippen molar-refractivity contribution in [1.82, 2.24) is 19.9 Å². The van der Waals surface area contributed by atoms with Crippen molar-refractivity contribution in [1.29, 1.82) is 5.26 Å². The maximum absolute atomic E-state index is 12.7. The van der Waals surface area contributed by atoms with Crippen molar-refractivity contribution in [3.63, 3.8) is 0 Å². The van der Waals surface area contributed by atoms with Gasteiger partial charge < -0.3 is 14.7 Å². The van der Waals surface area contributed by atoms with E-state index in [0.29, 0.717) is 18.7 Å². The van der Waals surface area contributed by atoms with Gasteiger partial charge in [-0.05, 0) is 37.0 Å². The summed E-state index contributed by atoms with van der Waals surface area (Å²) in [5.41, 5.74) is 2.66. The largest absolute Gasteiger partial charge is 0.444 e. The fourth-order valence-electron chi connectivity index (χ4n) is 3.92. The third kappa shape index (κ3) is 3.64. The summed E-state index contributed by atoms with van der Waals surface area (Å²) >= 11 is 0. The van der Waals surface area contributed by atoms with Gasteiger partial charge in [0.2, 0.25) is 5.89 Å². The molecule has 0 aromatic carbocycles. The predicted molar refractivity (Wildman–Crippen MR) is 113 cm³/mol. The second-order valence-corrected chi connectivity index (χ2v) is 9.56. The van der Waals surface area contributed by atoms with Gasteiger partial charge in [-0.3, -0.25) is 0 Å². The first kappa shape index (κ1) is 19.3. The molecule has 0 atom stereocenters. The summed E-state index contributed by atoms with van der Waals surface area (Å²) in [7, 11) is -3.55. The minimum atomic E-state index is -3.55. The number of rotatable bonds is 6. The topological polar surface area (TPSA) is 138 Å². The molecule has 5 rings (SSSR count). The van der Waals surface area contributed by atoms with Crippen molar-refractivity contribution < 1.29 is 12.8 Å². The molecule has 0 aliphatic heterocycles. The van der Waals surface area contributed by atoms with Crippen LogP contribution in [0.25, 0.3) is 22.5 Å². The second kappa shape index (κ2) is 7.52. The van der Waals surface area contributed by atoms with E-state index in [1.165, 1.54) is 24.6 Å². The molecule has 156 valence electrons. The zero-order valence-corrected chi connectivity index (χ0v) is 17.1. The van der Waals surface area contributed by atoms with Gasteiger partial charge in [-0.1, -0.05) is 0 Å². The summed E-state index contributed by atoms with van der Waals surface area (Å²) in [6.07, 6.45) is 9.39. The Balaban J connectivity index is 1.31. The van der Waals surface area contributed by atoms with E-state index < -0.39 is 9.84 Å². The number of sulfone groups is 1. The molecule has 1 aliphatic rings. The third-order valence-electron chi connectivity index (χ3n) is 5.47. The second-order valence-electron chi connectivity index (χ2n) is 7.58. The molecular formula is C21H18N6O3S. The van der Waals surface area contributed by atoms with Crippen LogP contribution in [0.5, 0.6) is 0 Å². The highest BCUT2D eigenvalue weighted by molar-refractivity contribution is 7.91. The average Bonchev–Trinajstić information content (AvgIpc) is 3.44. The van der Waals surface area contributed by atoms with Gasteiger partial charge in [-0.15, -0.1) is 0 Å². The summed E-state index contributed by atoms with van der Waals surface area (Å²) in [5, 5.41) is 13.4. The normalized spacial score (nSPS) is 18.4. The zero-order valence-electron chi connectivity index (χ0n) is 16.3. The van der Waals surface area contributed by atoms with Crippen LogP contribution in [0.4, 0.5) is 5.69 Å². The number of aromatic amines is 1. The van der Waals surface area contributed by atoms with Crippen molar-refractivity contribution in [3.05, 3.63) is 54.8 Å². The summed E-state index contributed by atoms with van der Waals surface area (Å²) in [5.74, 6) is 0.499. The Kier molecular flexibility index (Phi) is 4.67. The van der Waals surface area contributed by atoms with Gasteiger partial charge in [0.1, 0.15) is 11.9 Å². The third-order valence-corrected chi connectivity index (χ3v) is 7.24. The van der Waals surface area contributed by atoms with E-state index in [2.05, 4.69) is 25.3 Å². The van der Waals surface area contributed by atoms with Crippen LogP contribution in [0, 0.1) is 17.2 Å². The summed E-state index contributed by atoms with van der Waals surface area (Å²) < 4.78 is 30.8. The molecule has 0 spiro atoms. The number of nitriles is 1. The first-order valence-electron chi connectivity index (χ1n) is 9.75. The fraction of sp³-hybridized carbons (Fsp3) is 0.238.